The van der Waals surface area contributed by atoms with Crippen molar-refractivity contribution < 1.29 is 4.79 Å². The van der Waals surface area contributed by atoms with Crippen molar-refractivity contribution in [2.45, 2.75) is 39.7 Å². The maximum atomic E-state index is 12.8. The average Bonchev–Trinajstić information content (AvgIpc) is 3.11. The van der Waals surface area contributed by atoms with E-state index in [9.17, 15) is 4.79 Å². The lowest BCUT2D eigenvalue weighted by Gasteiger charge is -2.27. The van der Waals surface area contributed by atoms with E-state index in [0.29, 0.717) is 23.9 Å². The molecule has 3 rings (SSSR count). The summed E-state index contributed by atoms with van der Waals surface area (Å²) in [5, 5.41) is 8.57. The van der Waals surface area contributed by atoms with Crippen LogP contribution in [-0.4, -0.2) is 33.6 Å². The van der Waals surface area contributed by atoms with Crippen LogP contribution in [0.3, 0.4) is 0 Å². The van der Waals surface area contributed by atoms with Gasteiger partial charge in [-0.2, -0.15) is 10.2 Å². The molecule has 2 aromatic rings. The predicted octanol–water partition coefficient (Wildman–Crippen LogP) is 4.30. The predicted molar refractivity (Wildman–Crippen MR) is 100 cm³/mol. The summed E-state index contributed by atoms with van der Waals surface area (Å²) >= 11 is 0. The van der Waals surface area contributed by atoms with E-state index in [1.165, 1.54) is 0 Å². The largest absolute Gasteiger partial charge is 0.328 e. The molecule has 4 nitrogen and oxygen atoms in total. The molecule has 0 saturated carbocycles. The molecule has 0 spiro atoms. The summed E-state index contributed by atoms with van der Waals surface area (Å²) in [7, 11) is 0. The van der Waals surface area contributed by atoms with E-state index in [1.54, 1.807) is 0 Å². The molecule has 130 valence electrons. The van der Waals surface area contributed by atoms with Crippen molar-refractivity contribution in [3.05, 3.63) is 59.8 Å². The summed E-state index contributed by atoms with van der Waals surface area (Å²) in [5.74, 6) is 0.859. The van der Waals surface area contributed by atoms with E-state index in [4.69, 9.17) is 0 Å². The molecule has 1 aliphatic heterocycles. The van der Waals surface area contributed by atoms with Gasteiger partial charge in [0.15, 0.2) is 0 Å². The Hall–Kier alpha value is -2.49. The second-order valence-corrected chi connectivity index (χ2v) is 7.20. The molecule has 1 aliphatic rings. The zero-order valence-electron chi connectivity index (χ0n) is 15.3. The van der Waals surface area contributed by atoms with Gasteiger partial charge in [0.25, 0.3) is 5.91 Å². The van der Waals surface area contributed by atoms with Crippen LogP contribution < -0.4 is 0 Å². The van der Waals surface area contributed by atoms with E-state index in [-0.39, 0.29) is 11.9 Å². The summed E-state index contributed by atoms with van der Waals surface area (Å²) in [5.41, 5.74) is 3.49. The summed E-state index contributed by atoms with van der Waals surface area (Å²) in [6.07, 6.45) is 4.20. The van der Waals surface area contributed by atoms with Gasteiger partial charge in [-0.15, -0.1) is 0 Å². The van der Waals surface area contributed by atoms with Gasteiger partial charge >= 0.3 is 0 Å². The van der Waals surface area contributed by atoms with E-state index >= 15 is 0 Å². The van der Waals surface area contributed by atoms with Crippen LogP contribution in [0.4, 0.5) is 0 Å². The van der Waals surface area contributed by atoms with Crippen LogP contribution in [0, 0.1) is 5.92 Å². The topological polar surface area (TPSA) is 46.1 Å². The fourth-order valence-corrected chi connectivity index (χ4v) is 3.09. The number of carbonyl (C=O) groups is 1. The molecule has 0 radical (unpaired) electrons. The second kappa shape index (κ2) is 7.18. The monoisotopic (exact) mass is 335 g/mol. The molecule has 0 aliphatic carbocycles. The van der Waals surface area contributed by atoms with Gasteiger partial charge < -0.3 is 4.90 Å². The minimum atomic E-state index is 0.0801. The van der Waals surface area contributed by atoms with Crippen LogP contribution in [0.25, 0.3) is 11.3 Å². The van der Waals surface area contributed by atoms with Crippen molar-refractivity contribution in [3.8, 4) is 11.3 Å². The number of nitrogens with zero attached hydrogens (tertiary/aromatic N) is 3. The molecule has 1 atom stereocenters. The first-order chi connectivity index (χ1) is 12.0. The zero-order valence-corrected chi connectivity index (χ0v) is 15.3. The second-order valence-electron chi connectivity index (χ2n) is 7.20. The van der Waals surface area contributed by atoms with Gasteiger partial charge in [-0.25, -0.2) is 0 Å². The number of carbonyl (C=O) groups excluding carboxylic acids is 1. The molecule has 2 heterocycles. The molecule has 25 heavy (non-hydrogen) atoms. The molecule has 0 unspecified atom stereocenters. The lowest BCUT2D eigenvalue weighted by atomic mass is 10.0. The van der Waals surface area contributed by atoms with Gasteiger partial charge in [-0.05, 0) is 36.1 Å². The highest BCUT2D eigenvalue weighted by Gasteiger charge is 2.27. The van der Waals surface area contributed by atoms with Crippen molar-refractivity contribution in [1.82, 2.24) is 15.1 Å². The molecule has 0 bridgehead atoms. The molecular formula is C21H25N3O. The standard InChI is InChI=1S/C21H25N3O/c1-14(2)18-11-12-19(23-22-18)16-7-9-17(10-8-16)21(25)24-13-5-6-20(24)15(3)4/h5-12,14-15,20H,13H2,1-4H3/t20-/m0/s1. The first kappa shape index (κ1) is 17.3. The zero-order chi connectivity index (χ0) is 18.0. The highest BCUT2D eigenvalue weighted by atomic mass is 16.2. The maximum absolute atomic E-state index is 12.8. The molecule has 1 aromatic carbocycles. The summed E-state index contributed by atoms with van der Waals surface area (Å²) in [6, 6.07) is 11.8. The van der Waals surface area contributed by atoms with Gasteiger partial charge in [0, 0.05) is 17.7 Å². The molecule has 0 N–H and O–H groups in total. The number of hydrogen-bond acceptors (Lipinski definition) is 3. The third kappa shape index (κ3) is 3.63. The van der Waals surface area contributed by atoms with Gasteiger partial charge in [0.1, 0.15) is 0 Å². The lowest BCUT2D eigenvalue weighted by molar-refractivity contribution is 0.0720. The van der Waals surface area contributed by atoms with Crippen LogP contribution in [0.1, 0.15) is 49.7 Å². The highest BCUT2D eigenvalue weighted by Crippen LogP contribution is 2.23. The molecule has 1 aromatic heterocycles. The summed E-state index contributed by atoms with van der Waals surface area (Å²) in [4.78, 5) is 14.7. The van der Waals surface area contributed by atoms with Crippen molar-refractivity contribution >= 4 is 5.91 Å². The molecule has 0 fully saturated rings. The highest BCUT2D eigenvalue weighted by molar-refractivity contribution is 5.95. The Balaban J connectivity index is 1.77. The van der Waals surface area contributed by atoms with Crippen LogP contribution in [0.5, 0.6) is 0 Å². The average molecular weight is 335 g/mol. The van der Waals surface area contributed by atoms with Crippen LogP contribution in [-0.2, 0) is 0 Å². The Kier molecular flexibility index (Phi) is 4.98. The third-order valence-corrected chi connectivity index (χ3v) is 4.64. The summed E-state index contributed by atoms with van der Waals surface area (Å²) in [6.45, 7) is 9.17. The van der Waals surface area contributed by atoms with Crippen molar-refractivity contribution in [2.75, 3.05) is 6.54 Å². The normalized spacial score (nSPS) is 16.9. The number of aromatic nitrogens is 2. The Bertz CT molecular complexity index is 761. The van der Waals surface area contributed by atoms with Gasteiger partial charge in [-0.1, -0.05) is 52.0 Å². The first-order valence-corrected chi connectivity index (χ1v) is 8.89. The van der Waals surface area contributed by atoms with Crippen molar-refractivity contribution in [1.29, 1.82) is 0 Å². The Morgan fingerprint density at radius 1 is 1.04 bits per heavy atom. The third-order valence-electron chi connectivity index (χ3n) is 4.64. The van der Waals surface area contributed by atoms with E-state index in [0.717, 1.165) is 17.0 Å². The Labute approximate surface area is 149 Å². The fraction of sp³-hybridized carbons (Fsp3) is 0.381. The van der Waals surface area contributed by atoms with Gasteiger partial charge in [-0.3, -0.25) is 4.79 Å². The van der Waals surface area contributed by atoms with Crippen molar-refractivity contribution in [3.63, 3.8) is 0 Å². The smallest absolute Gasteiger partial charge is 0.254 e. The Morgan fingerprint density at radius 2 is 1.76 bits per heavy atom. The van der Waals surface area contributed by atoms with E-state index in [1.807, 2.05) is 41.3 Å². The molecule has 4 heteroatoms. The lowest BCUT2D eigenvalue weighted by Crippen LogP contribution is -2.38. The summed E-state index contributed by atoms with van der Waals surface area (Å²) < 4.78 is 0. The van der Waals surface area contributed by atoms with Gasteiger partial charge in [0.2, 0.25) is 0 Å². The number of rotatable bonds is 4. The quantitative estimate of drug-likeness (QED) is 0.783. The molecular weight excluding hydrogens is 310 g/mol. The van der Waals surface area contributed by atoms with E-state index in [2.05, 4.69) is 50.0 Å². The van der Waals surface area contributed by atoms with Crippen molar-refractivity contribution in [2.24, 2.45) is 5.92 Å². The fourth-order valence-electron chi connectivity index (χ4n) is 3.09. The first-order valence-electron chi connectivity index (χ1n) is 8.89. The minimum absolute atomic E-state index is 0.0801. The Morgan fingerprint density at radius 3 is 2.32 bits per heavy atom. The SMILES string of the molecule is CC(C)c1ccc(-c2ccc(C(=O)N3CC=C[C@H]3C(C)C)cc2)nn1. The molecule has 0 saturated heterocycles. The van der Waals surface area contributed by atoms with Crippen LogP contribution in [0.15, 0.2) is 48.6 Å². The number of benzene rings is 1. The number of amides is 1. The van der Waals surface area contributed by atoms with Crippen LogP contribution >= 0.6 is 0 Å². The number of hydrogen-bond donors (Lipinski definition) is 0. The van der Waals surface area contributed by atoms with Gasteiger partial charge in [0.05, 0.1) is 17.4 Å². The van der Waals surface area contributed by atoms with E-state index < -0.39 is 0 Å². The maximum Gasteiger partial charge on any atom is 0.254 e. The molecule has 1 amide bonds. The van der Waals surface area contributed by atoms with Crippen LogP contribution in [0.2, 0.25) is 0 Å². The minimum Gasteiger partial charge on any atom is -0.328 e.